The first-order chi connectivity index (χ1) is 8.53. The van der Waals surface area contributed by atoms with Crippen molar-refractivity contribution in [2.75, 3.05) is 6.61 Å². The van der Waals surface area contributed by atoms with Crippen LogP contribution >= 0.6 is 15.9 Å². The summed E-state index contributed by atoms with van der Waals surface area (Å²) in [6.07, 6.45) is 2.53. The minimum Gasteiger partial charge on any atom is -0.394 e. The van der Waals surface area contributed by atoms with Gasteiger partial charge in [-0.3, -0.25) is 4.79 Å². The number of benzene rings is 1. The van der Waals surface area contributed by atoms with E-state index in [9.17, 15) is 9.90 Å². The van der Waals surface area contributed by atoms with Crippen molar-refractivity contribution in [3.63, 3.8) is 0 Å². The summed E-state index contributed by atoms with van der Waals surface area (Å²) in [7, 11) is 0. The highest BCUT2D eigenvalue weighted by atomic mass is 79.9. The molecule has 1 amide bonds. The summed E-state index contributed by atoms with van der Waals surface area (Å²) in [5, 5.41) is 12.4. The van der Waals surface area contributed by atoms with Crippen molar-refractivity contribution in [2.45, 2.75) is 31.7 Å². The Morgan fingerprint density at radius 1 is 1.56 bits per heavy atom. The van der Waals surface area contributed by atoms with Crippen molar-refractivity contribution in [3.05, 3.63) is 34.3 Å². The Labute approximate surface area is 116 Å². The highest BCUT2D eigenvalue weighted by Crippen LogP contribution is 2.39. The van der Waals surface area contributed by atoms with Crippen LogP contribution in [0.15, 0.2) is 28.7 Å². The molecule has 2 N–H and O–H groups in total. The first-order valence-corrected chi connectivity index (χ1v) is 6.99. The molecule has 0 aromatic heterocycles. The molecule has 0 heterocycles. The first-order valence-electron chi connectivity index (χ1n) is 6.20. The first kappa shape index (κ1) is 13.6. The minimum absolute atomic E-state index is 0.00188. The number of halogens is 1. The molecule has 2 rings (SSSR count). The van der Waals surface area contributed by atoms with Crippen LogP contribution in [0.25, 0.3) is 0 Å². The zero-order valence-corrected chi connectivity index (χ0v) is 12.0. The predicted octanol–water partition coefficient (Wildman–Crippen LogP) is 2.27. The van der Waals surface area contributed by atoms with Crippen molar-refractivity contribution in [2.24, 2.45) is 5.92 Å². The highest BCUT2D eigenvalue weighted by Gasteiger charge is 2.41. The standard InChI is InChI=1S/C14H18BrNO2/c1-14(9-17,11-5-6-11)16-13(18)8-10-3-2-4-12(15)7-10/h2-4,7,11,17H,5-6,8-9H2,1H3,(H,16,18). The van der Waals surface area contributed by atoms with Gasteiger partial charge in [-0.15, -0.1) is 0 Å². The smallest absolute Gasteiger partial charge is 0.224 e. The minimum atomic E-state index is -0.455. The van der Waals surface area contributed by atoms with Gasteiger partial charge >= 0.3 is 0 Å². The number of amides is 1. The van der Waals surface area contributed by atoms with E-state index in [4.69, 9.17) is 0 Å². The topological polar surface area (TPSA) is 49.3 Å². The quantitative estimate of drug-likeness (QED) is 0.876. The second kappa shape index (κ2) is 5.41. The molecule has 18 heavy (non-hydrogen) atoms. The molecule has 1 aliphatic rings. The molecule has 0 radical (unpaired) electrons. The molecule has 1 saturated carbocycles. The Hall–Kier alpha value is -0.870. The fourth-order valence-electron chi connectivity index (χ4n) is 2.19. The number of rotatable bonds is 5. The van der Waals surface area contributed by atoms with E-state index in [1.807, 2.05) is 31.2 Å². The zero-order chi connectivity index (χ0) is 13.2. The monoisotopic (exact) mass is 311 g/mol. The summed E-state index contributed by atoms with van der Waals surface area (Å²) in [4.78, 5) is 12.0. The second-order valence-electron chi connectivity index (χ2n) is 5.20. The van der Waals surface area contributed by atoms with E-state index in [0.29, 0.717) is 12.3 Å². The van der Waals surface area contributed by atoms with Gasteiger partial charge < -0.3 is 10.4 Å². The summed E-state index contributed by atoms with van der Waals surface area (Å²) in [6, 6.07) is 7.72. The fraction of sp³-hybridized carbons (Fsp3) is 0.500. The Morgan fingerprint density at radius 3 is 2.83 bits per heavy atom. The molecule has 1 aliphatic carbocycles. The fourth-order valence-corrected chi connectivity index (χ4v) is 2.63. The van der Waals surface area contributed by atoms with Crippen LogP contribution in [0.1, 0.15) is 25.3 Å². The molecular formula is C14H18BrNO2. The summed E-state index contributed by atoms with van der Waals surface area (Å²) in [5.74, 6) is 0.394. The Bertz CT molecular complexity index is 445. The van der Waals surface area contributed by atoms with Crippen LogP contribution in [0.3, 0.4) is 0 Å². The molecule has 1 fully saturated rings. The van der Waals surface area contributed by atoms with Crippen LogP contribution in [0.4, 0.5) is 0 Å². The molecule has 0 bridgehead atoms. The normalized spacial score (nSPS) is 18.2. The molecule has 0 saturated heterocycles. The molecule has 3 nitrogen and oxygen atoms in total. The van der Waals surface area contributed by atoms with Gasteiger partial charge in [0.25, 0.3) is 0 Å². The maximum Gasteiger partial charge on any atom is 0.224 e. The number of hydrogen-bond acceptors (Lipinski definition) is 2. The molecule has 1 aromatic carbocycles. The van der Waals surface area contributed by atoms with E-state index < -0.39 is 5.54 Å². The van der Waals surface area contributed by atoms with E-state index in [-0.39, 0.29) is 12.5 Å². The van der Waals surface area contributed by atoms with Gasteiger partial charge in [0.05, 0.1) is 18.6 Å². The van der Waals surface area contributed by atoms with Crippen molar-refractivity contribution < 1.29 is 9.90 Å². The Morgan fingerprint density at radius 2 is 2.28 bits per heavy atom. The van der Waals surface area contributed by atoms with Crippen LogP contribution in [0.2, 0.25) is 0 Å². The van der Waals surface area contributed by atoms with Crippen molar-refractivity contribution in [1.29, 1.82) is 0 Å². The van der Waals surface area contributed by atoms with E-state index in [1.165, 1.54) is 0 Å². The number of aliphatic hydroxyl groups excluding tert-OH is 1. The van der Waals surface area contributed by atoms with E-state index >= 15 is 0 Å². The van der Waals surface area contributed by atoms with Crippen LogP contribution in [0, 0.1) is 5.92 Å². The number of hydrogen-bond donors (Lipinski definition) is 2. The molecule has 0 aliphatic heterocycles. The van der Waals surface area contributed by atoms with Gasteiger partial charge in [-0.2, -0.15) is 0 Å². The van der Waals surface area contributed by atoms with E-state index in [1.54, 1.807) is 0 Å². The molecule has 4 heteroatoms. The number of aliphatic hydroxyl groups is 1. The van der Waals surface area contributed by atoms with Crippen molar-refractivity contribution >= 4 is 21.8 Å². The Kier molecular flexibility index (Phi) is 4.07. The van der Waals surface area contributed by atoms with Crippen LogP contribution in [-0.4, -0.2) is 23.2 Å². The van der Waals surface area contributed by atoms with Crippen LogP contribution in [0.5, 0.6) is 0 Å². The van der Waals surface area contributed by atoms with Gasteiger partial charge in [0.2, 0.25) is 5.91 Å². The Balaban J connectivity index is 1.96. The summed E-state index contributed by atoms with van der Waals surface area (Å²) in [5.41, 5.74) is 0.515. The van der Waals surface area contributed by atoms with Gasteiger partial charge in [-0.1, -0.05) is 28.1 Å². The maximum absolute atomic E-state index is 12.0. The van der Waals surface area contributed by atoms with Gasteiger partial charge in [0.15, 0.2) is 0 Å². The van der Waals surface area contributed by atoms with E-state index in [2.05, 4.69) is 21.2 Å². The molecule has 1 atom stereocenters. The predicted molar refractivity (Wildman–Crippen MR) is 74.2 cm³/mol. The maximum atomic E-state index is 12.0. The molecule has 1 aromatic rings. The summed E-state index contributed by atoms with van der Waals surface area (Å²) < 4.78 is 0.972. The zero-order valence-electron chi connectivity index (χ0n) is 10.4. The van der Waals surface area contributed by atoms with Gasteiger partial charge in [-0.25, -0.2) is 0 Å². The van der Waals surface area contributed by atoms with E-state index in [0.717, 1.165) is 22.9 Å². The lowest BCUT2D eigenvalue weighted by molar-refractivity contribution is -0.123. The number of carbonyl (C=O) groups is 1. The summed E-state index contributed by atoms with van der Waals surface area (Å²) in [6.45, 7) is 1.92. The molecular weight excluding hydrogens is 294 g/mol. The average molecular weight is 312 g/mol. The largest absolute Gasteiger partial charge is 0.394 e. The molecule has 1 unspecified atom stereocenters. The number of carbonyl (C=O) groups excluding carboxylic acids is 1. The second-order valence-corrected chi connectivity index (χ2v) is 6.12. The third kappa shape index (κ3) is 3.33. The van der Waals surface area contributed by atoms with Gasteiger partial charge in [0.1, 0.15) is 0 Å². The lowest BCUT2D eigenvalue weighted by Gasteiger charge is -2.28. The SMILES string of the molecule is CC(CO)(NC(=O)Cc1cccc(Br)c1)C1CC1. The average Bonchev–Trinajstić information content (AvgIpc) is 3.12. The lowest BCUT2D eigenvalue weighted by Crippen LogP contribution is -2.51. The number of nitrogens with one attached hydrogen (secondary N) is 1. The molecule has 98 valence electrons. The third-order valence-electron chi connectivity index (χ3n) is 3.49. The summed E-state index contributed by atoms with van der Waals surface area (Å²) >= 11 is 3.39. The van der Waals surface area contributed by atoms with Gasteiger partial charge in [-0.05, 0) is 43.4 Å². The van der Waals surface area contributed by atoms with Gasteiger partial charge in [0, 0.05) is 4.47 Å². The lowest BCUT2D eigenvalue weighted by atomic mass is 9.96. The third-order valence-corrected chi connectivity index (χ3v) is 3.98. The molecule has 0 spiro atoms. The highest BCUT2D eigenvalue weighted by molar-refractivity contribution is 9.10. The van der Waals surface area contributed by atoms with Crippen LogP contribution in [-0.2, 0) is 11.2 Å². The van der Waals surface area contributed by atoms with Crippen molar-refractivity contribution in [3.8, 4) is 0 Å². The van der Waals surface area contributed by atoms with Crippen LogP contribution < -0.4 is 5.32 Å². The van der Waals surface area contributed by atoms with Crippen molar-refractivity contribution in [1.82, 2.24) is 5.32 Å².